The Bertz CT molecular complexity index is 374. The van der Waals surface area contributed by atoms with Crippen molar-refractivity contribution in [2.24, 2.45) is 10.3 Å². The molecule has 0 saturated heterocycles. The molecule has 1 fully saturated rings. The predicted molar refractivity (Wildman–Crippen MR) is 50.5 cm³/mol. The van der Waals surface area contributed by atoms with E-state index < -0.39 is 15.3 Å². The van der Waals surface area contributed by atoms with Gasteiger partial charge in [0.25, 0.3) is 10.0 Å². The predicted octanol–water partition coefficient (Wildman–Crippen LogP) is 0.124. The van der Waals surface area contributed by atoms with Crippen LogP contribution in [0.2, 0.25) is 0 Å². The Labute approximate surface area is 82.5 Å². The lowest BCUT2D eigenvalue weighted by atomic mass is 9.85. The average Bonchev–Trinajstić information content (AvgIpc) is 2.00. The molecule has 1 rings (SSSR count). The van der Waals surface area contributed by atoms with Gasteiger partial charge < -0.3 is 4.74 Å². The molecule has 6 heteroatoms. The van der Waals surface area contributed by atoms with Gasteiger partial charge >= 0.3 is 5.97 Å². The Hall–Kier alpha value is -1.13. The number of methoxy groups -OCH3 is 1. The number of sulfonamides is 1. The van der Waals surface area contributed by atoms with E-state index in [2.05, 4.69) is 15.7 Å². The first-order valence-corrected chi connectivity index (χ1v) is 5.57. The van der Waals surface area contributed by atoms with Gasteiger partial charge in [-0.05, 0) is 25.3 Å². The molecule has 0 aromatic carbocycles. The first-order chi connectivity index (χ1) is 6.51. The molecular weight excluding hydrogens is 206 g/mol. The minimum absolute atomic E-state index is 0.278. The van der Waals surface area contributed by atoms with Crippen molar-refractivity contribution in [3.8, 4) is 0 Å². The summed E-state index contributed by atoms with van der Waals surface area (Å²) in [5.74, 6) is 1.32. The van der Waals surface area contributed by atoms with E-state index in [0.29, 0.717) is 0 Å². The van der Waals surface area contributed by atoms with Crippen molar-refractivity contribution in [3.63, 3.8) is 0 Å². The van der Waals surface area contributed by atoms with Gasteiger partial charge in [0.05, 0.1) is 18.3 Å². The highest BCUT2D eigenvalue weighted by molar-refractivity contribution is 7.90. The Kier molecular flexibility index (Phi) is 3.08. The molecule has 1 aliphatic rings. The van der Waals surface area contributed by atoms with Crippen LogP contribution >= 0.6 is 0 Å². The Balaban J connectivity index is 2.57. The largest absolute Gasteiger partial charge is 0.469 e. The maximum Gasteiger partial charge on any atom is 0.308 e. The lowest BCUT2D eigenvalue weighted by Crippen LogP contribution is -2.39. The average molecular weight is 217 g/mol. The summed E-state index contributed by atoms with van der Waals surface area (Å²) in [5.41, 5.74) is 0. The van der Waals surface area contributed by atoms with Gasteiger partial charge in [-0.3, -0.25) is 4.79 Å². The van der Waals surface area contributed by atoms with Gasteiger partial charge in [-0.1, -0.05) is 0 Å². The molecule has 0 aliphatic heterocycles. The van der Waals surface area contributed by atoms with Crippen LogP contribution in [0.1, 0.15) is 12.8 Å². The van der Waals surface area contributed by atoms with E-state index in [1.54, 1.807) is 0 Å². The van der Waals surface area contributed by atoms with Crippen LogP contribution in [0.3, 0.4) is 0 Å². The van der Waals surface area contributed by atoms with Crippen molar-refractivity contribution in [2.75, 3.05) is 7.11 Å². The molecule has 0 radical (unpaired) electrons. The van der Waals surface area contributed by atoms with Crippen LogP contribution < -0.4 is 0 Å². The lowest BCUT2D eigenvalue weighted by molar-refractivity contribution is -0.148. The van der Waals surface area contributed by atoms with Crippen LogP contribution in [0.5, 0.6) is 0 Å². The van der Waals surface area contributed by atoms with Crippen LogP contribution in [0, 0.1) is 5.92 Å². The second-order valence-electron chi connectivity index (χ2n) is 3.08. The second kappa shape index (κ2) is 3.94. The Morgan fingerprint density at radius 1 is 1.57 bits per heavy atom. The van der Waals surface area contributed by atoms with Crippen molar-refractivity contribution in [1.82, 2.24) is 0 Å². The number of carbonyl (C=O) groups is 1. The molecule has 0 atom stereocenters. The normalized spacial score (nSPS) is 25.8. The van der Waals surface area contributed by atoms with Crippen LogP contribution in [-0.4, -0.2) is 32.6 Å². The minimum atomic E-state index is -3.50. The van der Waals surface area contributed by atoms with Crippen molar-refractivity contribution in [2.45, 2.75) is 18.1 Å². The summed E-state index contributed by atoms with van der Waals surface area (Å²) in [6.45, 7) is 3.09. The molecular formula is C8H11NO4S. The number of nitrogens with zero attached hydrogens (tertiary/aromatic N) is 1. The number of esters is 1. The van der Waals surface area contributed by atoms with Crippen LogP contribution in [0.25, 0.3) is 0 Å². The zero-order valence-corrected chi connectivity index (χ0v) is 8.58. The lowest BCUT2D eigenvalue weighted by Gasteiger charge is -2.30. The first-order valence-electron chi connectivity index (χ1n) is 4.07. The van der Waals surface area contributed by atoms with E-state index in [9.17, 15) is 13.2 Å². The quantitative estimate of drug-likeness (QED) is 0.497. The fourth-order valence-electron chi connectivity index (χ4n) is 1.33. The van der Waals surface area contributed by atoms with Crippen LogP contribution in [-0.2, 0) is 19.6 Å². The third kappa shape index (κ3) is 2.02. The SMILES string of the molecule is C=C=NS(=O)(=O)C1CC(C(=O)OC)C1. The van der Waals surface area contributed by atoms with Crippen molar-refractivity contribution < 1.29 is 17.9 Å². The highest BCUT2D eigenvalue weighted by Gasteiger charge is 2.42. The van der Waals surface area contributed by atoms with E-state index >= 15 is 0 Å². The standard InChI is InChI=1S/C8H11NO4S/c1-3-9-14(11,12)7-4-6(5-7)8(10)13-2/h6-7H,1,4-5H2,2H3. The molecule has 0 amide bonds. The zero-order chi connectivity index (χ0) is 10.8. The summed E-state index contributed by atoms with van der Waals surface area (Å²) in [6.07, 6.45) is 0.556. The molecule has 78 valence electrons. The van der Waals surface area contributed by atoms with E-state index in [4.69, 9.17) is 0 Å². The van der Waals surface area contributed by atoms with E-state index in [1.165, 1.54) is 7.11 Å². The van der Waals surface area contributed by atoms with E-state index in [1.807, 2.05) is 5.87 Å². The maximum atomic E-state index is 11.2. The van der Waals surface area contributed by atoms with Gasteiger partial charge in [-0.2, -0.15) is 0 Å². The summed E-state index contributed by atoms with van der Waals surface area (Å²) >= 11 is 0. The number of hydrogen-bond acceptors (Lipinski definition) is 4. The highest BCUT2D eigenvalue weighted by Crippen LogP contribution is 2.34. The van der Waals surface area contributed by atoms with Gasteiger partial charge in [0, 0.05) is 0 Å². The van der Waals surface area contributed by atoms with Crippen molar-refractivity contribution >= 4 is 21.9 Å². The van der Waals surface area contributed by atoms with Gasteiger partial charge in [0.15, 0.2) is 0 Å². The number of hydrogen-bond donors (Lipinski definition) is 0. The topological polar surface area (TPSA) is 72.8 Å². The summed E-state index contributed by atoms with van der Waals surface area (Å²) < 4.78 is 30.1. The molecule has 0 unspecified atom stereocenters. The van der Waals surface area contributed by atoms with Crippen molar-refractivity contribution in [1.29, 1.82) is 0 Å². The molecule has 0 aromatic rings. The number of rotatable bonds is 3. The smallest absolute Gasteiger partial charge is 0.308 e. The van der Waals surface area contributed by atoms with Crippen LogP contribution in [0.15, 0.2) is 11.0 Å². The monoisotopic (exact) mass is 217 g/mol. The minimum Gasteiger partial charge on any atom is -0.469 e. The molecule has 1 aliphatic carbocycles. The molecule has 14 heavy (non-hydrogen) atoms. The third-order valence-electron chi connectivity index (χ3n) is 2.24. The van der Waals surface area contributed by atoms with Gasteiger partial charge in [-0.25, -0.2) is 8.42 Å². The number of ether oxygens (including phenoxy) is 1. The maximum absolute atomic E-state index is 11.2. The molecule has 0 aromatic heterocycles. The molecule has 0 spiro atoms. The molecule has 0 heterocycles. The summed E-state index contributed by atoms with van der Waals surface area (Å²) in [4.78, 5) is 10.9. The summed E-state index contributed by atoms with van der Waals surface area (Å²) in [5, 5.41) is -0.583. The molecule has 0 N–H and O–H groups in total. The fraction of sp³-hybridized carbons (Fsp3) is 0.625. The van der Waals surface area contributed by atoms with Gasteiger partial charge in [0.1, 0.15) is 0 Å². The van der Waals surface area contributed by atoms with Crippen LogP contribution in [0.4, 0.5) is 0 Å². The van der Waals surface area contributed by atoms with Gasteiger partial charge in [0.2, 0.25) is 0 Å². The first kappa shape index (κ1) is 10.9. The van der Waals surface area contributed by atoms with E-state index in [-0.39, 0.29) is 24.7 Å². The third-order valence-corrected chi connectivity index (χ3v) is 3.85. The van der Waals surface area contributed by atoms with Gasteiger partial charge in [-0.15, -0.1) is 4.40 Å². The van der Waals surface area contributed by atoms with E-state index in [0.717, 1.165) is 0 Å². The zero-order valence-electron chi connectivity index (χ0n) is 7.76. The fourth-order valence-corrected chi connectivity index (χ4v) is 2.61. The van der Waals surface area contributed by atoms with Crippen molar-refractivity contribution in [3.05, 3.63) is 6.58 Å². The Morgan fingerprint density at radius 2 is 2.14 bits per heavy atom. The second-order valence-corrected chi connectivity index (χ2v) is 4.96. The molecule has 1 saturated carbocycles. The number of carbonyl (C=O) groups excluding carboxylic acids is 1. The summed E-state index contributed by atoms with van der Waals surface area (Å²) in [6, 6.07) is 0. The highest BCUT2D eigenvalue weighted by atomic mass is 32.2. The molecule has 5 nitrogen and oxygen atoms in total. The Morgan fingerprint density at radius 3 is 2.57 bits per heavy atom. The molecule has 0 bridgehead atoms. The summed E-state index contributed by atoms with van der Waals surface area (Å²) in [7, 11) is -2.22.